The molecule has 8 nitrogen and oxygen atoms in total. The van der Waals surface area contributed by atoms with Gasteiger partial charge in [0, 0.05) is 16.8 Å². The summed E-state index contributed by atoms with van der Waals surface area (Å²) < 4.78 is 5.00. The molecule has 0 saturated heterocycles. The lowest BCUT2D eigenvalue weighted by atomic mass is 10.2. The van der Waals surface area contributed by atoms with Gasteiger partial charge in [-0.1, -0.05) is 17.7 Å². The molecule has 0 radical (unpaired) electrons. The Hall–Kier alpha value is -3.13. The van der Waals surface area contributed by atoms with Crippen molar-refractivity contribution >= 4 is 40.5 Å². The third-order valence-electron chi connectivity index (χ3n) is 3.37. The second kappa shape index (κ2) is 7.63. The lowest BCUT2D eigenvalue weighted by Gasteiger charge is -2.11. The van der Waals surface area contributed by atoms with Crippen LogP contribution >= 0.6 is 11.6 Å². The Balaban J connectivity index is 2.15. The van der Waals surface area contributed by atoms with Crippen LogP contribution in [0.25, 0.3) is 0 Å². The summed E-state index contributed by atoms with van der Waals surface area (Å²) in [5.41, 5.74) is 0.964. The maximum absolute atomic E-state index is 12.1. The number of hydrogen-bond donors (Lipinski definition) is 2. The summed E-state index contributed by atoms with van der Waals surface area (Å²) in [6.45, 7) is 1.70. The van der Waals surface area contributed by atoms with E-state index in [1.54, 1.807) is 25.1 Å². The van der Waals surface area contributed by atoms with E-state index in [1.165, 1.54) is 19.2 Å². The number of anilines is 2. The van der Waals surface area contributed by atoms with Crippen molar-refractivity contribution < 1.29 is 19.2 Å². The van der Waals surface area contributed by atoms with E-state index in [1.807, 2.05) is 0 Å². The van der Waals surface area contributed by atoms with Crippen LogP contribution in [0.1, 0.15) is 5.56 Å². The Kier molecular flexibility index (Phi) is 5.56. The summed E-state index contributed by atoms with van der Waals surface area (Å²) in [7, 11) is 1.30. The summed E-state index contributed by atoms with van der Waals surface area (Å²) in [6.07, 6.45) is 0. The molecule has 0 atom stereocenters. The number of nitro benzene ring substituents is 1. The molecule has 2 N–H and O–H groups in total. The number of nitro groups is 1. The second-order valence-corrected chi connectivity index (χ2v) is 5.37. The molecule has 0 spiro atoms. The molecule has 0 aromatic heterocycles. The van der Waals surface area contributed by atoms with Gasteiger partial charge in [-0.2, -0.15) is 0 Å². The predicted molar refractivity (Wildman–Crippen MR) is 93.1 cm³/mol. The lowest BCUT2D eigenvalue weighted by molar-refractivity contribution is -0.384. The average Bonchev–Trinajstić information content (AvgIpc) is 2.58. The Bertz CT molecular complexity index is 854. The standard InChI is InChI=1S/C16H14ClN3O5/c1-9-11(17)4-3-5-12(9)18-15(21)16(22)19-13-7-6-10(20(23)24)8-14(13)25-2/h3-8H,1-2H3,(H,18,21)(H,19,22). The van der Waals surface area contributed by atoms with E-state index in [9.17, 15) is 19.7 Å². The number of carbonyl (C=O) groups is 2. The SMILES string of the molecule is COc1cc([N+](=O)[O-])ccc1NC(=O)C(=O)Nc1cccc(Cl)c1C. The zero-order chi connectivity index (χ0) is 18.6. The molecule has 9 heteroatoms. The number of ether oxygens (including phenoxy) is 1. The Morgan fingerprint density at radius 1 is 1.12 bits per heavy atom. The zero-order valence-corrected chi connectivity index (χ0v) is 14.1. The Morgan fingerprint density at radius 3 is 2.36 bits per heavy atom. The fourth-order valence-electron chi connectivity index (χ4n) is 2.00. The van der Waals surface area contributed by atoms with Gasteiger partial charge in [0.15, 0.2) is 0 Å². The minimum absolute atomic E-state index is 0.0642. The molecule has 130 valence electrons. The molecule has 2 aromatic carbocycles. The van der Waals surface area contributed by atoms with E-state index in [2.05, 4.69) is 10.6 Å². The predicted octanol–water partition coefficient (Wildman–Crippen LogP) is 3.14. The van der Waals surface area contributed by atoms with Gasteiger partial charge in [0.05, 0.1) is 23.8 Å². The van der Waals surface area contributed by atoms with Gasteiger partial charge in [0.2, 0.25) is 0 Å². The molecular formula is C16H14ClN3O5. The number of hydrogen-bond acceptors (Lipinski definition) is 5. The van der Waals surface area contributed by atoms with Crippen LogP contribution in [0.4, 0.5) is 17.1 Å². The number of benzene rings is 2. The lowest BCUT2D eigenvalue weighted by Crippen LogP contribution is -2.29. The van der Waals surface area contributed by atoms with Crippen LogP contribution in [-0.2, 0) is 9.59 Å². The number of carbonyl (C=O) groups excluding carboxylic acids is 2. The molecule has 2 rings (SSSR count). The van der Waals surface area contributed by atoms with Crippen molar-refractivity contribution in [2.75, 3.05) is 17.7 Å². The fraction of sp³-hybridized carbons (Fsp3) is 0.125. The van der Waals surface area contributed by atoms with E-state index < -0.39 is 16.7 Å². The quantitative estimate of drug-likeness (QED) is 0.492. The summed E-state index contributed by atoms with van der Waals surface area (Å²) in [6, 6.07) is 8.54. The molecule has 2 aromatic rings. The van der Waals surface area contributed by atoms with Crippen molar-refractivity contribution in [1.29, 1.82) is 0 Å². The van der Waals surface area contributed by atoms with Crippen molar-refractivity contribution in [2.24, 2.45) is 0 Å². The summed E-state index contributed by atoms with van der Waals surface area (Å²) >= 11 is 5.96. The summed E-state index contributed by atoms with van der Waals surface area (Å²) in [4.78, 5) is 34.3. The second-order valence-electron chi connectivity index (χ2n) is 4.96. The summed E-state index contributed by atoms with van der Waals surface area (Å²) in [5, 5.41) is 16.0. The largest absolute Gasteiger partial charge is 0.494 e. The maximum atomic E-state index is 12.1. The van der Waals surface area contributed by atoms with Crippen molar-refractivity contribution in [3.8, 4) is 5.75 Å². The van der Waals surface area contributed by atoms with Crippen LogP contribution in [0, 0.1) is 17.0 Å². The zero-order valence-electron chi connectivity index (χ0n) is 13.3. The molecule has 0 aliphatic heterocycles. The minimum atomic E-state index is -0.952. The van der Waals surface area contributed by atoms with E-state index in [0.29, 0.717) is 16.3 Å². The van der Waals surface area contributed by atoms with Crippen LogP contribution in [0.5, 0.6) is 5.75 Å². The highest BCUT2D eigenvalue weighted by molar-refractivity contribution is 6.44. The molecule has 25 heavy (non-hydrogen) atoms. The van der Waals surface area contributed by atoms with Crippen molar-refractivity contribution in [3.63, 3.8) is 0 Å². The highest BCUT2D eigenvalue weighted by Gasteiger charge is 2.19. The van der Waals surface area contributed by atoms with Gasteiger partial charge in [0.1, 0.15) is 5.75 Å². The van der Waals surface area contributed by atoms with E-state index in [-0.39, 0.29) is 17.1 Å². The number of halogens is 1. The first kappa shape index (κ1) is 18.2. The first-order valence-corrected chi connectivity index (χ1v) is 7.41. The molecule has 0 aliphatic carbocycles. The molecule has 0 unspecified atom stereocenters. The third-order valence-corrected chi connectivity index (χ3v) is 3.78. The first-order chi connectivity index (χ1) is 11.8. The van der Waals surface area contributed by atoms with Crippen LogP contribution < -0.4 is 15.4 Å². The smallest absolute Gasteiger partial charge is 0.314 e. The normalized spacial score (nSPS) is 10.0. The Labute approximate surface area is 147 Å². The number of methoxy groups -OCH3 is 1. The van der Waals surface area contributed by atoms with E-state index in [0.717, 1.165) is 6.07 Å². The number of non-ortho nitro benzene ring substituents is 1. The van der Waals surface area contributed by atoms with Crippen LogP contribution in [0.2, 0.25) is 5.02 Å². The van der Waals surface area contributed by atoms with Crippen LogP contribution in [0.3, 0.4) is 0 Å². The average molecular weight is 364 g/mol. The fourth-order valence-corrected chi connectivity index (χ4v) is 2.17. The van der Waals surface area contributed by atoms with Crippen molar-refractivity contribution in [1.82, 2.24) is 0 Å². The van der Waals surface area contributed by atoms with Crippen molar-refractivity contribution in [3.05, 3.63) is 57.1 Å². The van der Waals surface area contributed by atoms with Gasteiger partial charge in [0.25, 0.3) is 5.69 Å². The van der Waals surface area contributed by atoms with Gasteiger partial charge < -0.3 is 15.4 Å². The maximum Gasteiger partial charge on any atom is 0.314 e. The van der Waals surface area contributed by atoms with Crippen molar-refractivity contribution in [2.45, 2.75) is 6.92 Å². The first-order valence-electron chi connectivity index (χ1n) is 7.03. The molecule has 0 fully saturated rings. The van der Waals surface area contributed by atoms with Gasteiger partial charge in [-0.05, 0) is 30.7 Å². The molecule has 0 aliphatic rings. The van der Waals surface area contributed by atoms with Crippen LogP contribution in [0.15, 0.2) is 36.4 Å². The van der Waals surface area contributed by atoms with Gasteiger partial charge >= 0.3 is 11.8 Å². The van der Waals surface area contributed by atoms with Crippen LogP contribution in [-0.4, -0.2) is 23.8 Å². The van der Waals surface area contributed by atoms with Gasteiger partial charge in [-0.15, -0.1) is 0 Å². The number of nitrogens with one attached hydrogen (secondary N) is 2. The summed E-state index contributed by atoms with van der Waals surface area (Å²) in [5.74, 6) is -1.80. The molecule has 0 bridgehead atoms. The number of amides is 2. The molecule has 0 saturated carbocycles. The highest BCUT2D eigenvalue weighted by Crippen LogP contribution is 2.29. The van der Waals surface area contributed by atoms with Gasteiger partial charge in [-0.3, -0.25) is 19.7 Å². The minimum Gasteiger partial charge on any atom is -0.494 e. The number of rotatable bonds is 4. The van der Waals surface area contributed by atoms with E-state index in [4.69, 9.17) is 16.3 Å². The van der Waals surface area contributed by atoms with E-state index >= 15 is 0 Å². The Morgan fingerprint density at radius 2 is 1.76 bits per heavy atom. The molecule has 2 amide bonds. The molecular weight excluding hydrogens is 350 g/mol. The molecule has 0 heterocycles. The third kappa shape index (κ3) is 4.24. The highest BCUT2D eigenvalue weighted by atomic mass is 35.5. The van der Waals surface area contributed by atoms with Gasteiger partial charge in [-0.25, -0.2) is 0 Å². The topological polar surface area (TPSA) is 111 Å². The monoisotopic (exact) mass is 363 g/mol. The number of nitrogens with zero attached hydrogens (tertiary/aromatic N) is 1.